The van der Waals surface area contributed by atoms with Crippen LogP contribution in [0.1, 0.15) is 66.9 Å². The molecule has 3 fully saturated rings. The molecule has 236 valence electrons. The monoisotopic (exact) mass is 614 g/mol. The zero-order chi connectivity index (χ0) is 30.9. The Morgan fingerprint density at radius 2 is 1.71 bits per heavy atom. The third-order valence-corrected chi connectivity index (χ3v) is 9.55. The average Bonchev–Trinajstić information content (AvgIpc) is 3.70. The lowest BCUT2D eigenvalue weighted by Crippen LogP contribution is -2.44. The molecule has 2 saturated heterocycles. The SMILES string of the molecule is CN1CCN(c2ccc(C(=O)Nc3cnn4ccc(N5CCCC5c5cc(F)ccc5F)nc34)c(NC3CCCCC3)c2)CC1. The summed E-state index contributed by atoms with van der Waals surface area (Å²) in [5.41, 5.74) is 3.85. The Hall–Kier alpha value is -4.25. The molecule has 1 saturated carbocycles. The minimum absolute atomic E-state index is 0.235. The first-order valence-corrected chi connectivity index (χ1v) is 16.1. The maximum Gasteiger partial charge on any atom is 0.257 e. The number of hydrogen-bond acceptors (Lipinski definition) is 7. The van der Waals surface area contributed by atoms with Crippen LogP contribution in [0, 0.1) is 11.6 Å². The highest BCUT2D eigenvalue weighted by atomic mass is 19.1. The number of rotatable bonds is 7. The fourth-order valence-corrected chi connectivity index (χ4v) is 7.01. The van der Waals surface area contributed by atoms with E-state index < -0.39 is 11.6 Å². The van der Waals surface area contributed by atoms with E-state index in [0.29, 0.717) is 47.3 Å². The molecule has 11 heteroatoms. The second-order valence-corrected chi connectivity index (χ2v) is 12.6. The molecule has 9 nitrogen and oxygen atoms in total. The van der Waals surface area contributed by atoms with Gasteiger partial charge < -0.3 is 25.3 Å². The molecule has 2 N–H and O–H groups in total. The van der Waals surface area contributed by atoms with E-state index >= 15 is 0 Å². The van der Waals surface area contributed by atoms with Crippen molar-refractivity contribution < 1.29 is 13.6 Å². The summed E-state index contributed by atoms with van der Waals surface area (Å²) in [6.45, 7) is 4.57. The van der Waals surface area contributed by atoms with Crippen LogP contribution in [-0.4, -0.2) is 71.2 Å². The highest BCUT2D eigenvalue weighted by molar-refractivity contribution is 6.09. The number of carbonyl (C=O) groups is 1. The summed E-state index contributed by atoms with van der Waals surface area (Å²) in [6, 6.07) is 11.5. The summed E-state index contributed by atoms with van der Waals surface area (Å²) in [4.78, 5) is 25.4. The van der Waals surface area contributed by atoms with E-state index in [0.717, 1.165) is 62.9 Å². The van der Waals surface area contributed by atoms with Crippen LogP contribution in [0.2, 0.25) is 0 Å². The number of piperazine rings is 1. The lowest BCUT2D eigenvalue weighted by Gasteiger charge is -2.34. The fraction of sp³-hybridized carbons (Fsp3) is 0.441. The number of nitrogens with zero attached hydrogens (tertiary/aromatic N) is 6. The number of hydrogen-bond donors (Lipinski definition) is 2. The lowest BCUT2D eigenvalue weighted by molar-refractivity contribution is 0.102. The van der Waals surface area contributed by atoms with Crippen LogP contribution in [0.15, 0.2) is 54.9 Å². The number of likely N-dealkylation sites (N-methyl/N-ethyl adjacent to an activating group) is 1. The molecule has 2 aliphatic heterocycles. The molecular weight excluding hydrogens is 574 g/mol. The summed E-state index contributed by atoms with van der Waals surface area (Å²) in [7, 11) is 2.15. The van der Waals surface area contributed by atoms with Gasteiger partial charge in [-0.2, -0.15) is 5.10 Å². The molecule has 0 spiro atoms. The molecule has 1 atom stereocenters. The molecule has 3 aliphatic rings. The summed E-state index contributed by atoms with van der Waals surface area (Å²) < 4.78 is 30.4. The maximum absolute atomic E-state index is 14.7. The molecule has 7 rings (SSSR count). The lowest BCUT2D eigenvalue weighted by atomic mass is 9.95. The maximum atomic E-state index is 14.7. The van der Waals surface area contributed by atoms with E-state index in [4.69, 9.17) is 4.98 Å². The van der Waals surface area contributed by atoms with Crippen LogP contribution in [0.5, 0.6) is 0 Å². The van der Waals surface area contributed by atoms with Gasteiger partial charge in [0.05, 0.1) is 17.8 Å². The molecule has 4 aromatic rings. The highest BCUT2D eigenvalue weighted by Gasteiger charge is 2.30. The van der Waals surface area contributed by atoms with Gasteiger partial charge in [-0.05, 0) is 75.2 Å². The van der Waals surface area contributed by atoms with Crippen molar-refractivity contribution >= 4 is 34.4 Å². The number of carbonyl (C=O) groups excluding carboxylic acids is 1. The first kappa shape index (κ1) is 29.5. The first-order chi connectivity index (χ1) is 21.9. The van der Waals surface area contributed by atoms with Crippen LogP contribution >= 0.6 is 0 Å². The van der Waals surface area contributed by atoms with E-state index in [1.54, 1.807) is 16.9 Å². The molecule has 1 amide bonds. The number of nitrogens with one attached hydrogen (secondary N) is 2. The molecule has 0 bridgehead atoms. The second-order valence-electron chi connectivity index (χ2n) is 12.6. The molecule has 1 unspecified atom stereocenters. The van der Waals surface area contributed by atoms with Gasteiger partial charge in [0.15, 0.2) is 5.65 Å². The highest BCUT2D eigenvalue weighted by Crippen LogP contribution is 2.37. The molecule has 45 heavy (non-hydrogen) atoms. The van der Waals surface area contributed by atoms with Gasteiger partial charge in [-0.1, -0.05) is 19.3 Å². The number of fused-ring (bicyclic) bond motifs is 1. The molecule has 0 radical (unpaired) electrons. The summed E-state index contributed by atoms with van der Waals surface area (Å²) in [5.74, 6) is -0.499. The number of anilines is 4. The Balaban J connectivity index is 1.16. The zero-order valence-corrected chi connectivity index (χ0v) is 25.7. The quantitative estimate of drug-likeness (QED) is 0.261. The first-order valence-electron chi connectivity index (χ1n) is 16.1. The minimum Gasteiger partial charge on any atom is -0.382 e. The molecular formula is C34H40F2N8O. The van der Waals surface area contributed by atoms with E-state index in [1.807, 2.05) is 23.1 Å². The summed E-state index contributed by atoms with van der Waals surface area (Å²) in [5, 5.41) is 11.2. The fourth-order valence-electron chi connectivity index (χ4n) is 7.01. The predicted octanol–water partition coefficient (Wildman–Crippen LogP) is 6.10. The van der Waals surface area contributed by atoms with Crippen molar-refractivity contribution in [2.75, 3.05) is 60.2 Å². The van der Waals surface area contributed by atoms with E-state index in [1.165, 1.54) is 31.4 Å². The minimum atomic E-state index is -0.462. The second kappa shape index (κ2) is 12.6. The van der Waals surface area contributed by atoms with Gasteiger partial charge in [0.1, 0.15) is 23.1 Å². The van der Waals surface area contributed by atoms with Crippen molar-refractivity contribution in [1.29, 1.82) is 0 Å². The topological polar surface area (TPSA) is 81.0 Å². The smallest absolute Gasteiger partial charge is 0.257 e. The molecule has 4 heterocycles. The molecule has 2 aromatic heterocycles. The largest absolute Gasteiger partial charge is 0.382 e. The number of halogens is 2. The van der Waals surface area contributed by atoms with Crippen molar-refractivity contribution in [1.82, 2.24) is 19.5 Å². The van der Waals surface area contributed by atoms with Gasteiger partial charge in [-0.3, -0.25) is 4.79 Å². The van der Waals surface area contributed by atoms with Gasteiger partial charge >= 0.3 is 0 Å². The Kier molecular flexibility index (Phi) is 8.27. The van der Waals surface area contributed by atoms with Crippen molar-refractivity contribution in [3.05, 3.63) is 77.6 Å². The Labute approximate surface area is 262 Å². The van der Waals surface area contributed by atoms with Crippen LogP contribution < -0.4 is 20.4 Å². The standard InChI is InChI=1S/C34H40F2N8O/c1-41-16-18-42(19-17-41)25-10-11-26(29(21-25)38-24-6-3-2-4-7-24)34(45)39-30-22-37-44-15-13-32(40-33(30)44)43-14-5-8-31(43)27-20-23(35)9-12-28(27)36/h9-13,15,20-22,24,31,38H,2-8,14,16-19H2,1H3,(H,39,45). The van der Waals surface area contributed by atoms with Crippen molar-refractivity contribution in [2.45, 2.75) is 57.0 Å². The number of amides is 1. The summed E-state index contributed by atoms with van der Waals surface area (Å²) >= 11 is 0. The normalized spacial score (nSPS) is 19.8. The van der Waals surface area contributed by atoms with Crippen molar-refractivity contribution in [2.24, 2.45) is 0 Å². The van der Waals surface area contributed by atoms with Gasteiger partial charge in [-0.25, -0.2) is 18.3 Å². The van der Waals surface area contributed by atoms with Crippen molar-refractivity contribution in [3.63, 3.8) is 0 Å². The van der Waals surface area contributed by atoms with Crippen LogP contribution in [0.3, 0.4) is 0 Å². The number of aromatic nitrogens is 3. The van der Waals surface area contributed by atoms with E-state index in [-0.39, 0.29) is 11.9 Å². The Morgan fingerprint density at radius 1 is 0.889 bits per heavy atom. The third kappa shape index (κ3) is 6.18. The molecule has 2 aromatic carbocycles. The third-order valence-electron chi connectivity index (χ3n) is 9.55. The van der Waals surface area contributed by atoms with Gasteiger partial charge in [0.25, 0.3) is 5.91 Å². The number of benzene rings is 2. The van der Waals surface area contributed by atoms with Gasteiger partial charge in [0, 0.05) is 61.9 Å². The van der Waals surface area contributed by atoms with Crippen LogP contribution in [0.25, 0.3) is 5.65 Å². The summed E-state index contributed by atoms with van der Waals surface area (Å²) in [6.07, 6.45) is 10.7. The van der Waals surface area contributed by atoms with Crippen LogP contribution in [0.4, 0.5) is 31.7 Å². The molecule has 1 aliphatic carbocycles. The zero-order valence-electron chi connectivity index (χ0n) is 25.7. The van der Waals surface area contributed by atoms with Gasteiger partial charge in [0.2, 0.25) is 0 Å². The predicted molar refractivity (Wildman–Crippen MR) is 173 cm³/mol. The Morgan fingerprint density at radius 3 is 2.53 bits per heavy atom. The van der Waals surface area contributed by atoms with Gasteiger partial charge in [-0.15, -0.1) is 0 Å². The van der Waals surface area contributed by atoms with Crippen LogP contribution in [-0.2, 0) is 0 Å². The van der Waals surface area contributed by atoms with Crippen molar-refractivity contribution in [3.8, 4) is 0 Å². The Bertz CT molecular complexity index is 1680. The average molecular weight is 615 g/mol. The van der Waals surface area contributed by atoms with E-state index in [2.05, 4.69) is 38.6 Å². The van der Waals surface area contributed by atoms with E-state index in [9.17, 15) is 13.6 Å².